The summed E-state index contributed by atoms with van der Waals surface area (Å²) in [7, 11) is 0. The predicted molar refractivity (Wildman–Crippen MR) is 68.5 cm³/mol. The van der Waals surface area contributed by atoms with E-state index in [1.54, 1.807) is 0 Å². The molecule has 1 heterocycles. The summed E-state index contributed by atoms with van der Waals surface area (Å²) in [6.07, 6.45) is 0. The van der Waals surface area contributed by atoms with Crippen molar-refractivity contribution in [1.82, 2.24) is 4.98 Å². The number of aromatic nitrogens is 1. The summed E-state index contributed by atoms with van der Waals surface area (Å²) in [5.74, 6) is -2.42. The summed E-state index contributed by atoms with van der Waals surface area (Å²) in [5.41, 5.74) is -0.321. The molecule has 2 N–H and O–H groups in total. The van der Waals surface area contributed by atoms with E-state index in [4.69, 9.17) is 5.11 Å². The number of halogens is 3. The zero-order valence-corrected chi connectivity index (χ0v) is 10.9. The third-order valence-electron chi connectivity index (χ3n) is 2.24. The highest BCUT2D eigenvalue weighted by molar-refractivity contribution is 9.10. The van der Waals surface area contributed by atoms with Gasteiger partial charge in [-0.3, -0.25) is 0 Å². The van der Waals surface area contributed by atoms with Crippen molar-refractivity contribution in [3.8, 4) is 0 Å². The van der Waals surface area contributed by atoms with Gasteiger partial charge in [-0.2, -0.15) is 0 Å². The standard InChI is InChI=1S/C12H7BrF2N2O2/c13-6-4-8(15)10(5-7(6)14)17-11-3-1-2-9(16-11)12(18)19/h1-5H,(H,16,17)(H,18,19). The molecule has 1 aromatic carbocycles. The molecule has 7 heteroatoms. The number of hydrogen-bond donors (Lipinski definition) is 2. The largest absolute Gasteiger partial charge is 0.477 e. The maximum Gasteiger partial charge on any atom is 0.354 e. The summed E-state index contributed by atoms with van der Waals surface area (Å²) in [6, 6.07) is 6.12. The fraction of sp³-hybridized carbons (Fsp3) is 0. The van der Waals surface area contributed by atoms with Gasteiger partial charge < -0.3 is 10.4 Å². The van der Waals surface area contributed by atoms with Crippen LogP contribution in [0.5, 0.6) is 0 Å². The number of nitrogens with one attached hydrogen (secondary N) is 1. The quantitative estimate of drug-likeness (QED) is 0.845. The molecule has 98 valence electrons. The highest BCUT2D eigenvalue weighted by Gasteiger charge is 2.10. The lowest BCUT2D eigenvalue weighted by atomic mass is 10.3. The van der Waals surface area contributed by atoms with Gasteiger partial charge in [0.05, 0.1) is 10.2 Å². The molecule has 2 aromatic rings. The van der Waals surface area contributed by atoms with Crippen LogP contribution < -0.4 is 5.32 Å². The molecule has 4 nitrogen and oxygen atoms in total. The first-order chi connectivity index (χ1) is 8.97. The number of nitrogens with zero attached hydrogens (tertiary/aromatic N) is 1. The topological polar surface area (TPSA) is 62.2 Å². The molecular formula is C12H7BrF2N2O2. The number of carboxylic acid groups (broad SMARTS) is 1. The molecule has 0 radical (unpaired) electrons. The van der Waals surface area contributed by atoms with Crippen LogP contribution in [0.25, 0.3) is 0 Å². The zero-order chi connectivity index (χ0) is 14.0. The van der Waals surface area contributed by atoms with Crippen LogP contribution in [-0.4, -0.2) is 16.1 Å². The Morgan fingerprint density at radius 2 is 2.00 bits per heavy atom. The van der Waals surface area contributed by atoms with Gasteiger partial charge in [0.2, 0.25) is 0 Å². The zero-order valence-electron chi connectivity index (χ0n) is 9.32. The van der Waals surface area contributed by atoms with Gasteiger partial charge in [0.1, 0.15) is 17.5 Å². The van der Waals surface area contributed by atoms with Crippen molar-refractivity contribution in [3.05, 3.63) is 52.1 Å². The van der Waals surface area contributed by atoms with Gasteiger partial charge in [0.25, 0.3) is 0 Å². The summed E-state index contributed by atoms with van der Waals surface area (Å²) >= 11 is 2.86. The second kappa shape index (κ2) is 5.31. The molecule has 0 fully saturated rings. The second-order valence-corrected chi connectivity index (χ2v) is 4.44. The Labute approximate surface area is 115 Å². The Kier molecular flexibility index (Phi) is 3.75. The smallest absolute Gasteiger partial charge is 0.354 e. The summed E-state index contributed by atoms with van der Waals surface area (Å²) in [5, 5.41) is 11.3. The number of carboxylic acids is 1. The molecule has 0 aliphatic heterocycles. The summed E-state index contributed by atoms with van der Waals surface area (Å²) in [4.78, 5) is 14.5. The lowest BCUT2D eigenvalue weighted by molar-refractivity contribution is 0.0690. The monoisotopic (exact) mass is 328 g/mol. The average Bonchev–Trinajstić information content (AvgIpc) is 2.36. The third kappa shape index (κ3) is 3.05. The predicted octanol–water partition coefficient (Wildman–Crippen LogP) is 3.56. The average molecular weight is 329 g/mol. The van der Waals surface area contributed by atoms with Gasteiger partial charge in [0.15, 0.2) is 5.69 Å². The molecule has 2 rings (SSSR count). The van der Waals surface area contributed by atoms with Crippen molar-refractivity contribution < 1.29 is 18.7 Å². The first-order valence-electron chi connectivity index (χ1n) is 5.09. The molecular weight excluding hydrogens is 322 g/mol. The van der Waals surface area contributed by atoms with Crippen molar-refractivity contribution in [1.29, 1.82) is 0 Å². The minimum absolute atomic E-state index is 0.00259. The number of hydrogen-bond acceptors (Lipinski definition) is 3. The SMILES string of the molecule is O=C(O)c1cccc(Nc2cc(F)c(Br)cc2F)n1. The van der Waals surface area contributed by atoms with E-state index in [9.17, 15) is 13.6 Å². The van der Waals surface area contributed by atoms with E-state index < -0.39 is 17.6 Å². The number of pyridine rings is 1. The van der Waals surface area contributed by atoms with Gasteiger partial charge in [-0.15, -0.1) is 0 Å². The van der Waals surface area contributed by atoms with Crippen molar-refractivity contribution in [2.24, 2.45) is 0 Å². The first-order valence-corrected chi connectivity index (χ1v) is 5.88. The van der Waals surface area contributed by atoms with E-state index in [0.29, 0.717) is 0 Å². The van der Waals surface area contributed by atoms with Gasteiger partial charge in [-0.05, 0) is 34.1 Å². The Bertz CT molecular complexity index is 650. The fourth-order valence-corrected chi connectivity index (χ4v) is 1.70. The highest BCUT2D eigenvalue weighted by atomic mass is 79.9. The second-order valence-electron chi connectivity index (χ2n) is 3.58. The van der Waals surface area contributed by atoms with Crippen molar-refractivity contribution >= 4 is 33.4 Å². The van der Waals surface area contributed by atoms with Gasteiger partial charge >= 0.3 is 5.97 Å². The lowest BCUT2D eigenvalue weighted by Crippen LogP contribution is -2.03. The van der Waals surface area contributed by atoms with Crippen LogP contribution in [0.4, 0.5) is 20.3 Å². The molecule has 0 saturated heterocycles. The Hall–Kier alpha value is -2.02. The Morgan fingerprint density at radius 3 is 2.68 bits per heavy atom. The van der Waals surface area contributed by atoms with Crippen molar-refractivity contribution in [2.45, 2.75) is 0 Å². The maximum absolute atomic E-state index is 13.6. The highest BCUT2D eigenvalue weighted by Crippen LogP contribution is 2.25. The number of benzene rings is 1. The van der Waals surface area contributed by atoms with Gasteiger partial charge in [-0.1, -0.05) is 6.07 Å². The van der Waals surface area contributed by atoms with Gasteiger partial charge in [-0.25, -0.2) is 18.6 Å². The van der Waals surface area contributed by atoms with Crippen molar-refractivity contribution in [3.63, 3.8) is 0 Å². The van der Waals surface area contributed by atoms with E-state index >= 15 is 0 Å². The number of aromatic carboxylic acids is 1. The molecule has 0 bridgehead atoms. The molecule has 0 amide bonds. The van der Waals surface area contributed by atoms with Gasteiger partial charge in [0, 0.05) is 6.07 Å². The van der Waals surface area contributed by atoms with Crippen LogP contribution in [0.1, 0.15) is 10.5 Å². The fourth-order valence-electron chi connectivity index (χ4n) is 1.38. The number of anilines is 2. The van der Waals surface area contributed by atoms with Crippen LogP contribution >= 0.6 is 15.9 Å². The van der Waals surface area contributed by atoms with E-state index in [-0.39, 0.29) is 21.7 Å². The Balaban J connectivity index is 2.33. The molecule has 0 aliphatic rings. The van der Waals surface area contributed by atoms with E-state index in [2.05, 4.69) is 26.2 Å². The maximum atomic E-state index is 13.6. The van der Waals surface area contributed by atoms with Crippen molar-refractivity contribution in [2.75, 3.05) is 5.32 Å². The number of rotatable bonds is 3. The third-order valence-corrected chi connectivity index (χ3v) is 2.85. The summed E-state index contributed by atoms with van der Waals surface area (Å²) in [6.45, 7) is 0. The minimum atomic E-state index is -1.20. The first kappa shape index (κ1) is 13.4. The number of carbonyl (C=O) groups is 1. The molecule has 0 unspecified atom stereocenters. The van der Waals surface area contributed by atoms with E-state index in [1.807, 2.05) is 0 Å². The molecule has 0 atom stereocenters. The minimum Gasteiger partial charge on any atom is -0.477 e. The summed E-state index contributed by atoms with van der Waals surface area (Å²) < 4.78 is 26.9. The molecule has 0 saturated carbocycles. The van der Waals surface area contributed by atoms with Crippen LogP contribution in [0.15, 0.2) is 34.8 Å². The van der Waals surface area contributed by atoms with Crippen LogP contribution in [0, 0.1) is 11.6 Å². The Morgan fingerprint density at radius 1 is 1.26 bits per heavy atom. The van der Waals surface area contributed by atoms with Crippen LogP contribution in [-0.2, 0) is 0 Å². The van der Waals surface area contributed by atoms with E-state index in [0.717, 1.165) is 12.1 Å². The molecule has 19 heavy (non-hydrogen) atoms. The molecule has 0 aliphatic carbocycles. The van der Waals surface area contributed by atoms with Crippen LogP contribution in [0.2, 0.25) is 0 Å². The lowest BCUT2D eigenvalue weighted by Gasteiger charge is -2.08. The molecule has 0 spiro atoms. The molecule has 1 aromatic heterocycles. The van der Waals surface area contributed by atoms with E-state index in [1.165, 1.54) is 18.2 Å². The normalized spacial score (nSPS) is 10.3. The van der Waals surface area contributed by atoms with Crippen LogP contribution in [0.3, 0.4) is 0 Å².